The molecule has 1 aliphatic rings. The van der Waals surface area contributed by atoms with E-state index in [0.717, 1.165) is 34.5 Å². The Labute approximate surface area is 168 Å². The summed E-state index contributed by atoms with van der Waals surface area (Å²) in [7, 11) is -3.34. The van der Waals surface area contributed by atoms with Crippen LogP contribution in [0.25, 0.3) is 11.3 Å². The molecule has 28 heavy (non-hydrogen) atoms. The topological polar surface area (TPSA) is 76.1 Å². The maximum Gasteiger partial charge on any atom is 0.227 e. The van der Waals surface area contributed by atoms with Gasteiger partial charge in [-0.15, -0.1) is 11.3 Å². The molecule has 7 heteroatoms. The average molecular weight is 413 g/mol. The number of anilines is 1. The first-order chi connectivity index (χ1) is 13.5. The number of carbonyl (C=O) groups excluding carboxylic acids is 1. The largest absolute Gasteiger partial charge is 0.302 e. The van der Waals surface area contributed by atoms with Crippen molar-refractivity contribution in [1.29, 1.82) is 0 Å². The van der Waals surface area contributed by atoms with Gasteiger partial charge in [0, 0.05) is 16.9 Å². The molecule has 0 fully saturated rings. The van der Waals surface area contributed by atoms with Gasteiger partial charge >= 0.3 is 0 Å². The van der Waals surface area contributed by atoms with Crippen LogP contribution in [0.15, 0.2) is 54.6 Å². The van der Waals surface area contributed by atoms with Crippen LogP contribution < -0.4 is 5.32 Å². The van der Waals surface area contributed by atoms with Crippen molar-refractivity contribution in [1.82, 2.24) is 4.98 Å². The number of hydrogen-bond donors (Lipinski definition) is 1. The summed E-state index contributed by atoms with van der Waals surface area (Å²) < 4.78 is 24.5. The number of amides is 1. The van der Waals surface area contributed by atoms with Crippen molar-refractivity contribution in [2.45, 2.75) is 25.0 Å². The second kappa shape index (κ2) is 7.85. The van der Waals surface area contributed by atoms with Crippen molar-refractivity contribution in [3.05, 3.63) is 70.6 Å². The van der Waals surface area contributed by atoms with E-state index in [2.05, 4.69) is 22.4 Å². The van der Waals surface area contributed by atoms with Crippen LogP contribution in [0.2, 0.25) is 0 Å². The fourth-order valence-corrected chi connectivity index (χ4v) is 5.67. The average Bonchev–Trinajstić information content (AvgIpc) is 3.10. The Morgan fingerprint density at radius 3 is 2.61 bits per heavy atom. The monoisotopic (exact) mass is 412 g/mol. The second-order valence-corrected chi connectivity index (χ2v) is 10.1. The highest BCUT2D eigenvalue weighted by atomic mass is 32.2. The highest BCUT2D eigenvalue weighted by Crippen LogP contribution is 2.37. The summed E-state index contributed by atoms with van der Waals surface area (Å²) in [6.07, 6.45) is 1.80. The Balaban J connectivity index is 1.38. The van der Waals surface area contributed by atoms with Gasteiger partial charge in [0.2, 0.25) is 5.91 Å². The number of nitrogens with zero attached hydrogens (tertiary/aromatic N) is 1. The van der Waals surface area contributed by atoms with Crippen LogP contribution in [-0.2, 0) is 33.2 Å². The number of fused-ring (bicyclic) bond motifs is 3. The lowest BCUT2D eigenvalue weighted by Crippen LogP contribution is -2.18. The molecule has 1 heterocycles. The molecule has 0 radical (unpaired) electrons. The summed E-state index contributed by atoms with van der Waals surface area (Å²) in [6.45, 7) is 0. The molecule has 0 aliphatic heterocycles. The van der Waals surface area contributed by atoms with E-state index in [1.165, 1.54) is 16.9 Å². The predicted octanol–water partition coefficient (Wildman–Crippen LogP) is 3.85. The van der Waals surface area contributed by atoms with Crippen LogP contribution in [0, 0.1) is 0 Å². The number of hydrogen-bond acceptors (Lipinski definition) is 5. The lowest BCUT2D eigenvalue weighted by molar-refractivity contribution is -0.115. The summed E-state index contributed by atoms with van der Waals surface area (Å²) >= 11 is 1.47. The van der Waals surface area contributed by atoms with Crippen molar-refractivity contribution in [3.8, 4) is 11.3 Å². The van der Waals surface area contributed by atoms with E-state index in [0.29, 0.717) is 5.13 Å². The van der Waals surface area contributed by atoms with Crippen molar-refractivity contribution in [2.75, 3.05) is 11.1 Å². The van der Waals surface area contributed by atoms with Gasteiger partial charge in [0.05, 0.1) is 17.2 Å². The Morgan fingerprint density at radius 2 is 1.79 bits per heavy atom. The summed E-state index contributed by atoms with van der Waals surface area (Å²) in [5.74, 6) is -0.554. The third-order valence-electron chi connectivity index (χ3n) is 4.71. The Bertz CT molecular complexity index is 1110. The molecule has 3 aromatic rings. The maximum atomic E-state index is 12.3. The number of carbonyl (C=O) groups is 1. The number of benzene rings is 2. The standard InChI is InChI=1S/C21H20N2O3S2/c24-19(12-13-28(25,26)14-15-6-2-1-3-7-15)22-21-23-20-17-9-5-4-8-16(17)10-11-18(20)27-21/h1-9H,10-14H2,(H,22,23,24). The molecule has 4 rings (SSSR count). The lowest BCUT2D eigenvalue weighted by atomic mass is 9.94. The first-order valence-corrected chi connectivity index (χ1v) is 11.8. The first-order valence-electron chi connectivity index (χ1n) is 9.12. The molecule has 1 N–H and O–H groups in total. The lowest BCUT2D eigenvalue weighted by Gasteiger charge is -2.13. The zero-order chi connectivity index (χ0) is 19.6. The summed E-state index contributed by atoms with van der Waals surface area (Å²) in [4.78, 5) is 18.0. The Kier molecular flexibility index (Phi) is 5.28. The quantitative estimate of drug-likeness (QED) is 0.667. The van der Waals surface area contributed by atoms with Gasteiger partial charge in [-0.1, -0.05) is 54.6 Å². The SMILES string of the molecule is O=C(CCS(=O)(=O)Cc1ccccc1)Nc1nc2c(s1)CCc1ccccc1-2. The van der Waals surface area contributed by atoms with E-state index < -0.39 is 9.84 Å². The van der Waals surface area contributed by atoms with Gasteiger partial charge in [-0.3, -0.25) is 4.79 Å². The van der Waals surface area contributed by atoms with Gasteiger partial charge in [-0.2, -0.15) is 0 Å². The maximum absolute atomic E-state index is 12.3. The predicted molar refractivity (Wildman–Crippen MR) is 112 cm³/mol. The third kappa shape index (κ3) is 4.31. The van der Waals surface area contributed by atoms with Gasteiger partial charge in [0.15, 0.2) is 15.0 Å². The molecule has 0 saturated heterocycles. The van der Waals surface area contributed by atoms with Crippen molar-refractivity contribution in [2.24, 2.45) is 0 Å². The third-order valence-corrected chi connectivity index (χ3v) is 7.34. The zero-order valence-electron chi connectivity index (χ0n) is 15.2. The zero-order valence-corrected chi connectivity index (χ0v) is 16.9. The number of aryl methyl sites for hydroxylation is 2. The minimum atomic E-state index is -3.34. The number of aromatic nitrogens is 1. The highest BCUT2D eigenvalue weighted by Gasteiger charge is 2.21. The molecular weight excluding hydrogens is 392 g/mol. The molecule has 0 unspecified atom stereocenters. The Morgan fingerprint density at radius 1 is 1.04 bits per heavy atom. The van der Waals surface area contributed by atoms with Gasteiger partial charge < -0.3 is 5.32 Å². The highest BCUT2D eigenvalue weighted by molar-refractivity contribution is 7.90. The normalized spacial score (nSPS) is 12.9. The van der Waals surface area contributed by atoms with Crippen LogP contribution in [0.3, 0.4) is 0 Å². The second-order valence-electron chi connectivity index (χ2n) is 6.82. The summed E-state index contributed by atoms with van der Waals surface area (Å²) in [5, 5.41) is 3.30. The minimum Gasteiger partial charge on any atom is -0.302 e. The van der Waals surface area contributed by atoms with Crippen molar-refractivity contribution < 1.29 is 13.2 Å². The number of nitrogens with one attached hydrogen (secondary N) is 1. The molecule has 2 aromatic carbocycles. The number of sulfone groups is 1. The molecule has 144 valence electrons. The van der Waals surface area contributed by atoms with E-state index in [9.17, 15) is 13.2 Å². The van der Waals surface area contributed by atoms with Crippen molar-refractivity contribution >= 4 is 32.2 Å². The van der Waals surface area contributed by atoms with Crippen LogP contribution >= 0.6 is 11.3 Å². The molecule has 1 aliphatic carbocycles. The fraction of sp³-hybridized carbons (Fsp3) is 0.238. The summed E-state index contributed by atoms with van der Waals surface area (Å²) in [5.41, 5.74) is 4.05. The summed E-state index contributed by atoms with van der Waals surface area (Å²) in [6, 6.07) is 17.2. The molecule has 1 aromatic heterocycles. The van der Waals surface area contributed by atoms with Gasteiger partial charge in [-0.25, -0.2) is 13.4 Å². The molecular formula is C21H20N2O3S2. The van der Waals surface area contributed by atoms with E-state index in [1.54, 1.807) is 24.3 Å². The number of thiazole rings is 1. The minimum absolute atomic E-state index is 0.0521. The van der Waals surface area contributed by atoms with Crippen LogP contribution in [0.1, 0.15) is 22.4 Å². The smallest absolute Gasteiger partial charge is 0.227 e. The molecule has 0 spiro atoms. The molecule has 0 saturated carbocycles. The van der Waals surface area contributed by atoms with Gasteiger partial charge in [0.25, 0.3) is 0 Å². The number of rotatable bonds is 6. The van der Waals surface area contributed by atoms with E-state index in [1.807, 2.05) is 18.2 Å². The van der Waals surface area contributed by atoms with E-state index >= 15 is 0 Å². The molecule has 0 bridgehead atoms. The van der Waals surface area contributed by atoms with Crippen LogP contribution in [0.5, 0.6) is 0 Å². The van der Waals surface area contributed by atoms with Crippen LogP contribution in [0.4, 0.5) is 5.13 Å². The first kappa shape index (κ1) is 18.8. The molecule has 5 nitrogen and oxygen atoms in total. The van der Waals surface area contributed by atoms with Gasteiger partial charge in [-0.05, 0) is 24.0 Å². The molecule has 1 amide bonds. The fourth-order valence-electron chi connectivity index (χ4n) is 3.33. The Hall–Kier alpha value is -2.51. The van der Waals surface area contributed by atoms with Crippen LogP contribution in [-0.4, -0.2) is 25.1 Å². The molecule has 0 atom stereocenters. The van der Waals surface area contributed by atoms with Crippen molar-refractivity contribution in [3.63, 3.8) is 0 Å². The van der Waals surface area contributed by atoms with E-state index in [4.69, 9.17) is 0 Å². The van der Waals surface area contributed by atoms with Gasteiger partial charge in [0.1, 0.15) is 0 Å². The van der Waals surface area contributed by atoms with E-state index in [-0.39, 0.29) is 23.8 Å².